The third-order valence-electron chi connectivity index (χ3n) is 7.34. The molecule has 0 aliphatic carbocycles. The molecular formula is C27H29N9OS. The lowest BCUT2D eigenvalue weighted by atomic mass is 10.1. The summed E-state index contributed by atoms with van der Waals surface area (Å²) in [5.41, 5.74) is 5.42. The van der Waals surface area contributed by atoms with Crippen LogP contribution in [0.3, 0.4) is 0 Å². The van der Waals surface area contributed by atoms with Gasteiger partial charge in [-0.3, -0.25) is 4.90 Å². The van der Waals surface area contributed by atoms with Crippen LogP contribution in [0.4, 0.5) is 5.82 Å². The fourth-order valence-corrected chi connectivity index (χ4v) is 6.50. The summed E-state index contributed by atoms with van der Waals surface area (Å²) in [6.07, 6.45) is 3.77. The molecule has 194 valence electrons. The van der Waals surface area contributed by atoms with E-state index in [4.69, 9.17) is 19.8 Å². The van der Waals surface area contributed by atoms with Crippen LogP contribution >= 0.6 is 11.3 Å². The Morgan fingerprint density at radius 3 is 2.79 bits per heavy atom. The first-order valence-electron chi connectivity index (χ1n) is 13.0. The highest BCUT2D eigenvalue weighted by atomic mass is 32.1. The van der Waals surface area contributed by atoms with Crippen LogP contribution in [-0.4, -0.2) is 72.3 Å². The first-order chi connectivity index (χ1) is 18.6. The van der Waals surface area contributed by atoms with Crippen molar-refractivity contribution in [2.24, 2.45) is 0 Å². The predicted octanol–water partition coefficient (Wildman–Crippen LogP) is 3.60. The van der Waals surface area contributed by atoms with E-state index in [2.05, 4.69) is 62.7 Å². The SMILES string of the molecule is Cc1cccc(-c2ccn(-c3nc(N4CCOCC4)c4sc(CN5CCn6cnnc6C5)c(C)c4n3)n2)c1. The van der Waals surface area contributed by atoms with E-state index in [-0.39, 0.29) is 0 Å². The van der Waals surface area contributed by atoms with E-state index >= 15 is 0 Å². The number of ether oxygens (including phenoxy) is 1. The molecule has 1 saturated heterocycles. The van der Waals surface area contributed by atoms with E-state index < -0.39 is 0 Å². The standard InChI is InChI=1S/C27H29N9OS/c1-18-4-3-5-20(14-18)21-6-7-36(32-21)27-29-24-19(2)22(15-33-8-9-35-17-28-31-23(35)16-33)38-25(24)26(30-27)34-10-12-37-13-11-34/h3-7,14,17H,8-13,15-16H2,1-2H3. The van der Waals surface area contributed by atoms with Crippen LogP contribution < -0.4 is 4.90 Å². The number of aryl methyl sites for hydroxylation is 2. The molecule has 6 heterocycles. The van der Waals surface area contributed by atoms with Gasteiger partial charge in [-0.2, -0.15) is 10.1 Å². The first-order valence-corrected chi connectivity index (χ1v) is 13.8. The number of thiophene rings is 1. The lowest BCUT2D eigenvalue weighted by Crippen LogP contribution is -2.37. The number of aromatic nitrogens is 7. The summed E-state index contributed by atoms with van der Waals surface area (Å²) >= 11 is 1.81. The number of morpholine rings is 1. The van der Waals surface area contributed by atoms with Gasteiger partial charge in [0, 0.05) is 49.4 Å². The van der Waals surface area contributed by atoms with Gasteiger partial charge in [0.1, 0.15) is 12.2 Å². The van der Waals surface area contributed by atoms with Crippen molar-refractivity contribution >= 4 is 27.4 Å². The minimum atomic E-state index is 0.594. The van der Waals surface area contributed by atoms with Crippen molar-refractivity contribution in [3.63, 3.8) is 0 Å². The maximum atomic E-state index is 5.64. The van der Waals surface area contributed by atoms with E-state index in [1.165, 1.54) is 16.0 Å². The van der Waals surface area contributed by atoms with Crippen molar-refractivity contribution in [1.82, 2.24) is 39.4 Å². The molecule has 7 rings (SSSR count). The Morgan fingerprint density at radius 2 is 1.92 bits per heavy atom. The van der Waals surface area contributed by atoms with E-state index in [9.17, 15) is 0 Å². The molecule has 0 N–H and O–H groups in total. The van der Waals surface area contributed by atoms with Gasteiger partial charge in [0.25, 0.3) is 5.95 Å². The van der Waals surface area contributed by atoms with Crippen molar-refractivity contribution in [1.29, 1.82) is 0 Å². The summed E-state index contributed by atoms with van der Waals surface area (Å²) in [7, 11) is 0. The molecule has 1 fully saturated rings. The fourth-order valence-electron chi connectivity index (χ4n) is 5.20. The molecule has 10 nitrogen and oxygen atoms in total. The lowest BCUT2D eigenvalue weighted by molar-refractivity contribution is 0.122. The molecule has 0 atom stereocenters. The third kappa shape index (κ3) is 4.26. The van der Waals surface area contributed by atoms with Crippen LogP contribution in [0.25, 0.3) is 27.4 Å². The van der Waals surface area contributed by atoms with Gasteiger partial charge < -0.3 is 14.2 Å². The molecule has 11 heteroatoms. The van der Waals surface area contributed by atoms with Crippen LogP contribution in [0.2, 0.25) is 0 Å². The first kappa shape index (κ1) is 23.4. The molecule has 0 amide bonds. The maximum Gasteiger partial charge on any atom is 0.253 e. The van der Waals surface area contributed by atoms with Gasteiger partial charge in [-0.05, 0) is 31.5 Å². The van der Waals surface area contributed by atoms with Gasteiger partial charge in [0.15, 0.2) is 5.82 Å². The third-order valence-corrected chi connectivity index (χ3v) is 8.60. The molecule has 1 aromatic carbocycles. The predicted molar refractivity (Wildman–Crippen MR) is 147 cm³/mol. The Bertz CT molecular complexity index is 1610. The van der Waals surface area contributed by atoms with Gasteiger partial charge in [-0.25, -0.2) is 9.67 Å². The van der Waals surface area contributed by atoms with Crippen molar-refractivity contribution < 1.29 is 4.74 Å². The zero-order chi connectivity index (χ0) is 25.6. The topological polar surface area (TPSA) is 90.0 Å². The van der Waals surface area contributed by atoms with Gasteiger partial charge in [0.05, 0.1) is 35.7 Å². The van der Waals surface area contributed by atoms with E-state index in [0.717, 1.165) is 72.4 Å². The zero-order valence-corrected chi connectivity index (χ0v) is 22.4. The molecule has 2 aliphatic heterocycles. The minimum absolute atomic E-state index is 0.594. The molecule has 2 aliphatic rings. The monoisotopic (exact) mass is 527 g/mol. The number of anilines is 1. The smallest absolute Gasteiger partial charge is 0.253 e. The van der Waals surface area contributed by atoms with Crippen LogP contribution in [0.1, 0.15) is 21.8 Å². The highest BCUT2D eigenvalue weighted by molar-refractivity contribution is 7.19. The van der Waals surface area contributed by atoms with Gasteiger partial charge in [-0.15, -0.1) is 21.5 Å². The lowest BCUT2D eigenvalue weighted by Gasteiger charge is -2.28. The number of hydrogen-bond acceptors (Lipinski definition) is 9. The molecule has 0 bridgehead atoms. The van der Waals surface area contributed by atoms with E-state index in [1.807, 2.05) is 29.9 Å². The van der Waals surface area contributed by atoms with Crippen molar-refractivity contribution in [2.45, 2.75) is 33.5 Å². The van der Waals surface area contributed by atoms with E-state index in [1.54, 1.807) is 4.68 Å². The van der Waals surface area contributed by atoms with Gasteiger partial charge >= 0.3 is 0 Å². The Labute approximate surface area is 224 Å². The largest absolute Gasteiger partial charge is 0.378 e. The Morgan fingerprint density at radius 1 is 1.03 bits per heavy atom. The molecule has 0 saturated carbocycles. The van der Waals surface area contributed by atoms with E-state index in [0.29, 0.717) is 19.2 Å². The summed E-state index contributed by atoms with van der Waals surface area (Å²) < 4.78 is 10.7. The Balaban J connectivity index is 1.27. The maximum absolute atomic E-state index is 5.64. The number of rotatable bonds is 5. The molecule has 0 radical (unpaired) electrons. The number of nitrogens with zero attached hydrogens (tertiary/aromatic N) is 9. The average molecular weight is 528 g/mol. The minimum Gasteiger partial charge on any atom is -0.378 e. The quantitative estimate of drug-likeness (QED) is 0.343. The zero-order valence-electron chi connectivity index (χ0n) is 21.5. The number of hydrogen-bond donors (Lipinski definition) is 0. The summed E-state index contributed by atoms with van der Waals surface area (Å²) in [5, 5.41) is 13.2. The molecule has 5 aromatic rings. The molecule has 0 unspecified atom stereocenters. The second kappa shape index (κ2) is 9.57. The van der Waals surface area contributed by atoms with Crippen molar-refractivity contribution in [3.05, 3.63) is 64.7 Å². The average Bonchev–Trinajstić information content (AvgIpc) is 3.68. The molecule has 38 heavy (non-hydrogen) atoms. The van der Waals surface area contributed by atoms with Gasteiger partial charge in [0.2, 0.25) is 0 Å². The normalized spacial score (nSPS) is 16.3. The van der Waals surface area contributed by atoms with Crippen molar-refractivity contribution in [2.75, 3.05) is 37.7 Å². The Kier molecular flexibility index (Phi) is 5.91. The van der Waals surface area contributed by atoms with Crippen LogP contribution in [0.5, 0.6) is 0 Å². The summed E-state index contributed by atoms with van der Waals surface area (Å²) in [5.74, 6) is 2.59. The van der Waals surface area contributed by atoms with Crippen LogP contribution in [-0.2, 0) is 24.4 Å². The highest BCUT2D eigenvalue weighted by Crippen LogP contribution is 2.37. The summed E-state index contributed by atoms with van der Waals surface area (Å²) in [6.45, 7) is 10.9. The van der Waals surface area contributed by atoms with Crippen LogP contribution in [0.15, 0.2) is 42.9 Å². The molecule has 0 spiro atoms. The summed E-state index contributed by atoms with van der Waals surface area (Å²) in [4.78, 5) is 16.2. The second-order valence-electron chi connectivity index (χ2n) is 9.94. The molecule has 4 aromatic heterocycles. The van der Waals surface area contributed by atoms with Crippen molar-refractivity contribution in [3.8, 4) is 17.2 Å². The second-order valence-corrected chi connectivity index (χ2v) is 11.0. The number of fused-ring (bicyclic) bond motifs is 2. The highest BCUT2D eigenvalue weighted by Gasteiger charge is 2.25. The van der Waals surface area contributed by atoms with Crippen LogP contribution in [0, 0.1) is 13.8 Å². The molecular weight excluding hydrogens is 498 g/mol. The van der Waals surface area contributed by atoms with Gasteiger partial charge in [-0.1, -0.05) is 23.8 Å². The number of benzene rings is 1. The summed E-state index contributed by atoms with van der Waals surface area (Å²) in [6, 6.07) is 10.4. The Hall–Kier alpha value is -3.67. The fraction of sp³-hybridized carbons (Fsp3) is 0.370.